The molecule has 0 bridgehead atoms. The minimum absolute atomic E-state index is 1.24. The van der Waals surface area contributed by atoms with Crippen LogP contribution in [-0.4, -0.2) is 42.6 Å². The molecule has 126 valence electrons. The predicted octanol–water partition coefficient (Wildman–Crippen LogP) is 5.28. The zero-order chi connectivity index (χ0) is 15.2. The van der Waals surface area contributed by atoms with Gasteiger partial charge in [0.25, 0.3) is 0 Å². The second-order valence-corrected chi connectivity index (χ2v) is 6.91. The summed E-state index contributed by atoms with van der Waals surface area (Å²) in [5, 5.41) is 0. The van der Waals surface area contributed by atoms with Gasteiger partial charge in [0.1, 0.15) is 0 Å². The van der Waals surface area contributed by atoms with Gasteiger partial charge >= 0.3 is 0 Å². The monoisotopic (exact) mass is 296 g/mol. The number of hydrogen-bond acceptors (Lipinski definition) is 2. The van der Waals surface area contributed by atoms with E-state index in [0.717, 1.165) is 0 Å². The van der Waals surface area contributed by atoms with Gasteiger partial charge < -0.3 is 0 Å². The van der Waals surface area contributed by atoms with Crippen LogP contribution < -0.4 is 0 Å². The van der Waals surface area contributed by atoms with Gasteiger partial charge in [-0.3, -0.25) is 9.80 Å². The standard InChI is InChI=1S/C19H40N2/c1-3-5-7-9-11-13-15-20-17-18-21(19-20)16-14-12-10-8-6-4-2/h3-19H2,1-2H3. The average Bonchev–Trinajstić information content (AvgIpc) is 2.94. The Labute approximate surface area is 134 Å². The van der Waals surface area contributed by atoms with Crippen molar-refractivity contribution in [2.45, 2.75) is 90.9 Å². The van der Waals surface area contributed by atoms with Gasteiger partial charge in [-0.05, 0) is 25.9 Å². The van der Waals surface area contributed by atoms with Crippen LogP contribution in [-0.2, 0) is 0 Å². The van der Waals surface area contributed by atoms with Gasteiger partial charge in [-0.15, -0.1) is 0 Å². The lowest BCUT2D eigenvalue weighted by Crippen LogP contribution is -2.27. The molecule has 1 aliphatic heterocycles. The summed E-state index contributed by atoms with van der Waals surface area (Å²) >= 11 is 0. The first-order valence-electron chi connectivity index (χ1n) is 9.81. The second kappa shape index (κ2) is 13.6. The summed E-state index contributed by atoms with van der Waals surface area (Å²) in [7, 11) is 0. The van der Waals surface area contributed by atoms with Crippen molar-refractivity contribution in [3.05, 3.63) is 0 Å². The lowest BCUT2D eigenvalue weighted by atomic mass is 10.1. The van der Waals surface area contributed by atoms with Gasteiger partial charge in [0.05, 0.1) is 6.67 Å². The molecule has 0 N–H and O–H groups in total. The molecule has 21 heavy (non-hydrogen) atoms. The van der Waals surface area contributed by atoms with Gasteiger partial charge in [0.2, 0.25) is 0 Å². The molecule has 0 spiro atoms. The highest BCUT2D eigenvalue weighted by molar-refractivity contribution is 4.71. The highest BCUT2D eigenvalue weighted by atomic mass is 15.4. The number of unbranched alkanes of at least 4 members (excludes halogenated alkanes) is 10. The van der Waals surface area contributed by atoms with Crippen LogP contribution in [0.2, 0.25) is 0 Å². The molecule has 0 aliphatic carbocycles. The summed E-state index contributed by atoms with van der Waals surface area (Å²) in [6.45, 7) is 11.1. The van der Waals surface area contributed by atoms with E-state index >= 15 is 0 Å². The Morgan fingerprint density at radius 1 is 0.524 bits per heavy atom. The van der Waals surface area contributed by atoms with Crippen LogP contribution >= 0.6 is 0 Å². The fourth-order valence-corrected chi connectivity index (χ4v) is 3.30. The summed E-state index contributed by atoms with van der Waals surface area (Å²) in [5.41, 5.74) is 0. The quantitative estimate of drug-likeness (QED) is 0.402. The molecule has 1 saturated heterocycles. The zero-order valence-electron chi connectivity index (χ0n) is 14.9. The molecule has 1 aliphatic rings. The Balaban J connectivity index is 1.88. The van der Waals surface area contributed by atoms with Crippen LogP contribution in [0.15, 0.2) is 0 Å². The minimum Gasteiger partial charge on any atom is -0.289 e. The van der Waals surface area contributed by atoms with E-state index in [4.69, 9.17) is 0 Å². The van der Waals surface area contributed by atoms with Gasteiger partial charge in [-0.2, -0.15) is 0 Å². The second-order valence-electron chi connectivity index (χ2n) is 6.91. The van der Waals surface area contributed by atoms with Gasteiger partial charge in [-0.25, -0.2) is 0 Å². The highest BCUT2D eigenvalue weighted by Crippen LogP contribution is 2.11. The molecule has 0 aromatic rings. The molecule has 0 aromatic heterocycles. The molecular weight excluding hydrogens is 256 g/mol. The van der Waals surface area contributed by atoms with E-state index in [0.29, 0.717) is 0 Å². The third-order valence-corrected chi connectivity index (χ3v) is 4.79. The van der Waals surface area contributed by atoms with Gasteiger partial charge in [0, 0.05) is 13.1 Å². The van der Waals surface area contributed by atoms with Crippen LogP contribution in [0, 0.1) is 0 Å². The van der Waals surface area contributed by atoms with E-state index in [1.165, 1.54) is 110 Å². The largest absolute Gasteiger partial charge is 0.289 e. The Bertz CT molecular complexity index is 196. The SMILES string of the molecule is CCCCCCCCN1CCN(CCCCCCCC)C1. The molecule has 1 fully saturated rings. The van der Waals surface area contributed by atoms with Crippen molar-refractivity contribution in [2.75, 3.05) is 32.8 Å². The topological polar surface area (TPSA) is 6.48 Å². The number of nitrogens with zero attached hydrogens (tertiary/aromatic N) is 2. The first-order chi connectivity index (χ1) is 10.4. The third kappa shape index (κ3) is 10.3. The van der Waals surface area contributed by atoms with E-state index in [9.17, 15) is 0 Å². The molecule has 0 saturated carbocycles. The summed E-state index contributed by atoms with van der Waals surface area (Å²) in [6, 6.07) is 0. The summed E-state index contributed by atoms with van der Waals surface area (Å²) in [4.78, 5) is 5.33. The van der Waals surface area contributed by atoms with E-state index in [1.807, 2.05) is 0 Å². The van der Waals surface area contributed by atoms with E-state index < -0.39 is 0 Å². The first kappa shape index (κ1) is 19.0. The average molecular weight is 297 g/mol. The molecule has 1 heterocycles. The Morgan fingerprint density at radius 3 is 1.33 bits per heavy atom. The molecule has 0 unspecified atom stereocenters. The third-order valence-electron chi connectivity index (χ3n) is 4.79. The fraction of sp³-hybridized carbons (Fsp3) is 1.00. The molecule has 0 atom stereocenters. The molecule has 0 amide bonds. The number of rotatable bonds is 14. The van der Waals surface area contributed by atoms with Crippen molar-refractivity contribution in [3.63, 3.8) is 0 Å². The van der Waals surface area contributed by atoms with Crippen molar-refractivity contribution >= 4 is 0 Å². The fourth-order valence-electron chi connectivity index (χ4n) is 3.30. The molecule has 2 heteroatoms. The van der Waals surface area contributed by atoms with Crippen molar-refractivity contribution in [3.8, 4) is 0 Å². The van der Waals surface area contributed by atoms with Gasteiger partial charge in [0.15, 0.2) is 0 Å². The van der Waals surface area contributed by atoms with Crippen LogP contribution in [0.5, 0.6) is 0 Å². The van der Waals surface area contributed by atoms with Crippen LogP contribution in [0.4, 0.5) is 0 Å². The van der Waals surface area contributed by atoms with Crippen LogP contribution in [0.1, 0.15) is 90.9 Å². The predicted molar refractivity (Wildman–Crippen MR) is 94.8 cm³/mol. The van der Waals surface area contributed by atoms with E-state index in [-0.39, 0.29) is 0 Å². The molecule has 2 nitrogen and oxygen atoms in total. The van der Waals surface area contributed by atoms with Crippen molar-refractivity contribution in [2.24, 2.45) is 0 Å². The minimum atomic E-state index is 1.24. The van der Waals surface area contributed by atoms with Crippen molar-refractivity contribution < 1.29 is 0 Å². The molecular formula is C19H40N2. The summed E-state index contributed by atoms with van der Waals surface area (Å²) in [5.74, 6) is 0. The first-order valence-corrected chi connectivity index (χ1v) is 9.81. The summed E-state index contributed by atoms with van der Waals surface area (Å²) < 4.78 is 0. The van der Waals surface area contributed by atoms with Crippen molar-refractivity contribution in [1.29, 1.82) is 0 Å². The Kier molecular flexibility index (Phi) is 12.3. The summed E-state index contributed by atoms with van der Waals surface area (Å²) in [6.07, 6.45) is 17.1. The van der Waals surface area contributed by atoms with Crippen LogP contribution in [0.25, 0.3) is 0 Å². The molecule has 1 rings (SSSR count). The number of hydrogen-bond donors (Lipinski definition) is 0. The maximum absolute atomic E-state index is 2.66. The maximum atomic E-state index is 2.66. The van der Waals surface area contributed by atoms with Gasteiger partial charge in [-0.1, -0.05) is 78.1 Å². The molecule has 0 radical (unpaired) electrons. The zero-order valence-corrected chi connectivity index (χ0v) is 14.9. The van der Waals surface area contributed by atoms with E-state index in [2.05, 4.69) is 23.6 Å². The van der Waals surface area contributed by atoms with Crippen molar-refractivity contribution in [1.82, 2.24) is 9.80 Å². The van der Waals surface area contributed by atoms with Crippen LogP contribution in [0.3, 0.4) is 0 Å². The lowest BCUT2D eigenvalue weighted by molar-refractivity contribution is 0.238. The smallest absolute Gasteiger partial charge is 0.0507 e. The van der Waals surface area contributed by atoms with E-state index in [1.54, 1.807) is 0 Å². The Hall–Kier alpha value is -0.0800. The molecule has 0 aromatic carbocycles. The Morgan fingerprint density at radius 2 is 0.905 bits per heavy atom. The maximum Gasteiger partial charge on any atom is 0.0507 e. The lowest BCUT2D eigenvalue weighted by Gasteiger charge is -2.18. The highest BCUT2D eigenvalue weighted by Gasteiger charge is 2.18. The normalized spacial score (nSPS) is 16.9.